The van der Waals surface area contributed by atoms with Gasteiger partial charge >= 0.3 is 5.97 Å². The molecule has 22 heavy (non-hydrogen) atoms. The van der Waals surface area contributed by atoms with Crippen LogP contribution in [0, 0.1) is 5.41 Å². The lowest BCUT2D eigenvalue weighted by Crippen LogP contribution is -2.46. The van der Waals surface area contributed by atoms with E-state index in [-0.39, 0.29) is 11.4 Å². The van der Waals surface area contributed by atoms with Gasteiger partial charge in [0.05, 0.1) is 12.5 Å². The first-order chi connectivity index (χ1) is 10.5. The third-order valence-corrected chi connectivity index (χ3v) is 4.95. The summed E-state index contributed by atoms with van der Waals surface area (Å²) in [7, 11) is 1.44. The zero-order valence-electron chi connectivity index (χ0n) is 13.8. The monoisotopic (exact) mass is 305 g/mol. The maximum absolute atomic E-state index is 11.9. The molecule has 0 amide bonds. The van der Waals surface area contributed by atoms with E-state index in [1.54, 1.807) is 0 Å². The highest BCUT2D eigenvalue weighted by Crippen LogP contribution is 2.52. The van der Waals surface area contributed by atoms with Gasteiger partial charge in [-0.2, -0.15) is 0 Å². The molecule has 122 valence electrons. The number of hydrogen-bond donors (Lipinski definition) is 1. The van der Waals surface area contributed by atoms with Gasteiger partial charge in [-0.05, 0) is 44.3 Å². The van der Waals surface area contributed by atoms with Gasteiger partial charge in [-0.1, -0.05) is 44.2 Å². The highest BCUT2D eigenvalue weighted by Gasteiger charge is 2.52. The first kappa shape index (κ1) is 17.0. The molecule has 1 aliphatic carbocycles. The number of carbonyl (C=O) groups is 1. The normalized spacial score (nSPS) is 18.8. The van der Waals surface area contributed by atoms with Crippen LogP contribution < -0.4 is 0 Å². The average molecular weight is 305 g/mol. The number of rotatable bonds is 8. The number of hydrogen-bond acceptors (Lipinski definition) is 4. The first-order valence-corrected chi connectivity index (χ1v) is 8.14. The molecule has 4 nitrogen and oxygen atoms in total. The quantitative estimate of drug-likeness (QED) is 0.592. The minimum atomic E-state index is -1.03. The maximum atomic E-state index is 11.9. The fraction of sp³-hybridized carbons (Fsp3) is 0.611. The molecule has 1 fully saturated rings. The number of nitrogens with zero attached hydrogens (tertiary/aromatic N) is 1. The van der Waals surface area contributed by atoms with Gasteiger partial charge in [0.2, 0.25) is 0 Å². The largest absolute Gasteiger partial charge is 0.469 e. The summed E-state index contributed by atoms with van der Waals surface area (Å²) in [5, 5.41) is 11.4. The second kappa shape index (κ2) is 6.80. The summed E-state index contributed by atoms with van der Waals surface area (Å²) in [6, 6.07) is 9.74. The van der Waals surface area contributed by atoms with Gasteiger partial charge in [0.15, 0.2) is 0 Å². The van der Waals surface area contributed by atoms with Crippen molar-refractivity contribution >= 4 is 5.97 Å². The Morgan fingerprint density at radius 2 is 1.86 bits per heavy atom. The van der Waals surface area contributed by atoms with E-state index >= 15 is 0 Å². The van der Waals surface area contributed by atoms with Crippen LogP contribution in [0.1, 0.15) is 45.1 Å². The number of aliphatic hydroxyl groups is 1. The topological polar surface area (TPSA) is 49.8 Å². The molecule has 4 heteroatoms. The molecule has 0 aromatic heterocycles. The van der Waals surface area contributed by atoms with Gasteiger partial charge in [-0.3, -0.25) is 9.69 Å². The zero-order valence-corrected chi connectivity index (χ0v) is 13.8. The van der Waals surface area contributed by atoms with E-state index in [1.807, 2.05) is 44.2 Å². The van der Waals surface area contributed by atoms with E-state index in [2.05, 4.69) is 4.90 Å². The summed E-state index contributed by atoms with van der Waals surface area (Å²) in [6.07, 6.45) is 2.92. The summed E-state index contributed by atoms with van der Waals surface area (Å²) in [5.41, 5.74) is -0.515. The Kier molecular flexibility index (Phi) is 5.24. The lowest BCUT2D eigenvalue weighted by atomic mass is 9.89. The standard InChI is InChI=1S/C18H27NO3/c1-4-19(5-2)18(21,15-9-7-6-8-10-15)14-13-17(11-12-17)16(20)22-3/h6-10,21H,4-5,11-14H2,1-3H3. The lowest BCUT2D eigenvalue weighted by Gasteiger charge is -2.40. The van der Waals surface area contributed by atoms with Crippen LogP contribution in [0.15, 0.2) is 30.3 Å². The average Bonchev–Trinajstić information content (AvgIpc) is 3.35. The van der Waals surface area contributed by atoms with E-state index < -0.39 is 5.72 Å². The van der Waals surface area contributed by atoms with Crippen molar-refractivity contribution in [1.29, 1.82) is 0 Å². The molecule has 0 saturated heterocycles. The van der Waals surface area contributed by atoms with Crippen molar-refractivity contribution in [3.63, 3.8) is 0 Å². The van der Waals surface area contributed by atoms with Crippen LogP contribution in [0.5, 0.6) is 0 Å². The highest BCUT2D eigenvalue weighted by atomic mass is 16.5. The van der Waals surface area contributed by atoms with E-state index in [0.29, 0.717) is 12.8 Å². The number of benzene rings is 1. The molecule has 1 aromatic carbocycles. The number of ether oxygens (including phenoxy) is 1. The van der Waals surface area contributed by atoms with Gasteiger partial charge in [0, 0.05) is 0 Å². The fourth-order valence-corrected chi connectivity index (χ4v) is 3.27. The Morgan fingerprint density at radius 1 is 1.27 bits per heavy atom. The molecule has 1 N–H and O–H groups in total. The summed E-state index contributed by atoms with van der Waals surface area (Å²) < 4.78 is 4.93. The van der Waals surface area contributed by atoms with Gasteiger partial charge in [-0.25, -0.2) is 0 Å². The fourth-order valence-electron chi connectivity index (χ4n) is 3.27. The molecule has 0 bridgehead atoms. The van der Waals surface area contributed by atoms with Crippen molar-refractivity contribution < 1.29 is 14.6 Å². The first-order valence-electron chi connectivity index (χ1n) is 8.14. The van der Waals surface area contributed by atoms with Crippen LogP contribution in [0.25, 0.3) is 0 Å². The summed E-state index contributed by atoms with van der Waals surface area (Å²) >= 11 is 0. The minimum absolute atomic E-state index is 0.137. The van der Waals surface area contributed by atoms with Gasteiger partial charge in [0.1, 0.15) is 5.72 Å². The van der Waals surface area contributed by atoms with Crippen LogP contribution in [-0.2, 0) is 15.3 Å². The molecule has 0 spiro atoms. The third kappa shape index (κ3) is 3.18. The van der Waals surface area contributed by atoms with Crippen LogP contribution in [0.4, 0.5) is 0 Å². The van der Waals surface area contributed by atoms with Crippen molar-refractivity contribution in [1.82, 2.24) is 4.90 Å². The molecule has 1 aromatic rings. The second-order valence-electron chi connectivity index (χ2n) is 6.13. The van der Waals surface area contributed by atoms with E-state index in [1.165, 1.54) is 7.11 Å². The third-order valence-electron chi connectivity index (χ3n) is 4.95. The number of esters is 1. The van der Waals surface area contributed by atoms with Crippen LogP contribution in [0.2, 0.25) is 0 Å². The second-order valence-corrected chi connectivity index (χ2v) is 6.13. The van der Waals surface area contributed by atoms with Crippen LogP contribution >= 0.6 is 0 Å². The van der Waals surface area contributed by atoms with Crippen LogP contribution in [0.3, 0.4) is 0 Å². The van der Waals surface area contributed by atoms with E-state index in [9.17, 15) is 9.90 Å². The highest BCUT2D eigenvalue weighted by molar-refractivity contribution is 5.79. The van der Waals surface area contributed by atoms with E-state index in [0.717, 1.165) is 31.5 Å². The number of methoxy groups -OCH3 is 1. The van der Waals surface area contributed by atoms with Gasteiger partial charge < -0.3 is 9.84 Å². The molecule has 0 aliphatic heterocycles. The molecule has 1 saturated carbocycles. The predicted molar refractivity (Wildman–Crippen MR) is 86.2 cm³/mol. The Labute approximate surface area is 133 Å². The minimum Gasteiger partial charge on any atom is -0.469 e. The van der Waals surface area contributed by atoms with Crippen molar-refractivity contribution in [2.45, 2.75) is 45.3 Å². The molecule has 1 aliphatic rings. The predicted octanol–water partition coefficient (Wildman–Crippen LogP) is 2.91. The molecular weight excluding hydrogens is 278 g/mol. The van der Waals surface area contributed by atoms with Crippen molar-refractivity contribution in [3.8, 4) is 0 Å². The Bertz CT molecular complexity index is 494. The molecule has 0 radical (unpaired) electrons. The Morgan fingerprint density at radius 3 is 2.32 bits per heavy atom. The molecule has 1 atom stereocenters. The van der Waals surface area contributed by atoms with Gasteiger partial charge in [0.25, 0.3) is 0 Å². The molecule has 0 heterocycles. The summed E-state index contributed by atoms with van der Waals surface area (Å²) in [5.74, 6) is -0.137. The molecular formula is C18H27NO3. The van der Waals surface area contributed by atoms with Crippen molar-refractivity contribution in [2.24, 2.45) is 5.41 Å². The molecule has 2 rings (SSSR count). The summed E-state index contributed by atoms with van der Waals surface area (Å²) in [4.78, 5) is 14.0. The number of carbonyl (C=O) groups excluding carboxylic acids is 1. The summed E-state index contributed by atoms with van der Waals surface area (Å²) in [6.45, 7) is 5.61. The Balaban J connectivity index is 2.21. The SMILES string of the molecule is CCN(CC)C(O)(CCC1(C(=O)OC)CC1)c1ccccc1. The smallest absolute Gasteiger partial charge is 0.311 e. The maximum Gasteiger partial charge on any atom is 0.311 e. The zero-order chi connectivity index (χ0) is 16.2. The van der Waals surface area contributed by atoms with Crippen molar-refractivity contribution in [3.05, 3.63) is 35.9 Å². The Hall–Kier alpha value is -1.39. The lowest BCUT2D eigenvalue weighted by molar-refractivity contribution is -0.150. The van der Waals surface area contributed by atoms with Gasteiger partial charge in [-0.15, -0.1) is 0 Å². The van der Waals surface area contributed by atoms with Crippen LogP contribution in [-0.4, -0.2) is 36.2 Å². The van der Waals surface area contributed by atoms with Crippen molar-refractivity contribution in [2.75, 3.05) is 20.2 Å². The molecule has 1 unspecified atom stereocenters. The van der Waals surface area contributed by atoms with E-state index in [4.69, 9.17) is 4.74 Å².